The highest BCUT2D eigenvalue weighted by Gasteiger charge is 2.36. The Morgan fingerprint density at radius 3 is 2.50 bits per heavy atom. The molecule has 0 atom stereocenters. The van der Waals surface area contributed by atoms with Crippen LogP contribution in [-0.4, -0.2) is 60.1 Å². The molecule has 2 saturated heterocycles. The van der Waals surface area contributed by atoms with Gasteiger partial charge in [0.05, 0.1) is 16.0 Å². The van der Waals surface area contributed by atoms with Gasteiger partial charge in [-0.3, -0.25) is 19.3 Å². The summed E-state index contributed by atoms with van der Waals surface area (Å²) in [4.78, 5) is 42.7. The van der Waals surface area contributed by atoms with Crippen molar-refractivity contribution in [3.8, 4) is 0 Å². The summed E-state index contributed by atoms with van der Waals surface area (Å²) in [5, 5.41) is -0.387. The van der Waals surface area contributed by atoms with Crippen LogP contribution in [0.3, 0.4) is 0 Å². The average molecular weight is 567 g/mol. The third-order valence-electron chi connectivity index (χ3n) is 6.49. The maximum absolute atomic E-state index is 13.5. The van der Waals surface area contributed by atoms with Gasteiger partial charge in [-0.25, -0.2) is 0 Å². The van der Waals surface area contributed by atoms with Crippen molar-refractivity contribution in [1.29, 1.82) is 0 Å². The Morgan fingerprint density at radius 2 is 1.84 bits per heavy atom. The summed E-state index contributed by atoms with van der Waals surface area (Å²) in [7, 11) is 1.54. The lowest BCUT2D eigenvalue weighted by Crippen LogP contribution is -2.36. The lowest BCUT2D eigenvalue weighted by atomic mass is 10.0. The number of nitrogens with two attached hydrogens (primary N) is 1. The van der Waals surface area contributed by atoms with Gasteiger partial charge in [-0.2, -0.15) is 13.2 Å². The summed E-state index contributed by atoms with van der Waals surface area (Å²) < 4.78 is 40.6. The van der Waals surface area contributed by atoms with Crippen molar-refractivity contribution < 1.29 is 27.6 Å². The normalized spacial score (nSPS) is 17.6. The largest absolute Gasteiger partial charge is 0.416 e. The molecular weight excluding hydrogens is 541 g/mol. The number of primary amides is 1. The second-order valence-corrected chi connectivity index (χ2v) is 10.6. The second-order valence-electron chi connectivity index (χ2n) is 9.18. The number of imide groups is 1. The minimum Gasteiger partial charge on any atom is -0.370 e. The molecule has 0 bridgehead atoms. The van der Waals surface area contributed by atoms with Crippen LogP contribution in [0.4, 0.5) is 23.7 Å². The van der Waals surface area contributed by atoms with Crippen LogP contribution in [0.25, 0.3) is 6.08 Å². The van der Waals surface area contributed by atoms with E-state index in [0.29, 0.717) is 24.3 Å². The SMILES string of the molecule is CN(Cc1ccc(Cl)cc1C(F)(F)F)c1ccc(/C=C2\SC(=O)N(CCN3CCCC3)C2=O)cc1C(N)=O. The molecule has 202 valence electrons. The lowest BCUT2D eigenvalue weighted by Gasteiger charge is -2.24. The standard InChI is InChI=1S/C26H26ClF3N4O3S/c1-32(15-17-5-6-18(27)14-20(17)26(28,29)30)21-7-4-16(12-19(21)23(31)35)13-22-24(36)34(25(37)38-22)11-10-33-8-2-3-9-33/h4-7,12-14H,2-3,8-11,15H2,1H3,(H2,31,35)/b22-13-. The van der Waals surface area contributed by atoms with E-state index in [0.717, 1.165) is 43.8 Å². The van der Waals surface area contributed by atoms with Gasteiger partial charge in [0.25, 0.3) is 17.1 Å². The second kappa shape index (κ2) is 11.4. The van der Waals surface area contributed by atoms with Crippen LogP contribution in [0, 0.1) is 0 Å². The molecule has 12 heteroatoms. The summed E-state index contributed by atoms with van der Waals surface area (Å²) in [6.07, 6.45) is -0.871. The van der Waals surface area contributed by atoms with Gasteiger partial charge in [-0.05, 0) is 79.2 Å². The highest BCUT2D eigenvalue weighted by atomic mass is 35.5. The lowest BCUT2D eigenvalue weighted by molar-refractivity contribution is -0.138. The molecule has 0 unspecified atom stereocenters. The number of anilines is 1. The van der Waals surface area contributed by atoms with Crippen LogP contribution in [0.2, 0.25) is 5.02 Å². The average Bonchev–Trinajstić information content (AvgIpc) is 3.46. The summed E-state index contributed by atoms with van der Waals surface area (Å²) >= 11 is 6.60. The van der Waals surface area contributed by atoms with E-state index >= 15 is 0 Å². The van der Waals surface area contributed by atoms with Crippen LogP contribution >= 0.6 is 23.4 Å². The Hall–Kier alpha value is -3.02. The van der Waals surface area contributed by atoms with Crippen molar-refractivity contribution >= 4 is 52.2 Å². The number of halogens is 4. The molecule has 2 heterocycles. The fourth-order valence-corrected chi connectivity index (χ4v) is 5.59. The van der Waals surface area contributed by atoms with Gasteiger partial charge in [0.15, 0.2) is 0 Å². The molecule has 0 radical (unpaired) electrons. The first-order chi connectivity index (χ1) is 17.9. The monoisotopic (exact) mass is 566 g/mol. The smallest absolute Gasteiger partial charge is 0.370 e. The molecule has 2 aromatic rings. The van der Waals surface area contributed by atoms with Gasteiger partial charge in [0.2, 0.25) is 0 Å². The van der Waals surface area contributed by atoms with E-state index in [9.17, 15) is 27.6 Å². The van der Waals surface area contributed by atoms with E-state index < -0.39 is 23.6 Å². The first-order valence-corrected chi connectivity index (χ1v) is 13.1. The summed E-state index contributed by atoms with van der Waals surface area (Å²) in [5.74, 6) is -1.18. The van der Waals surface area contributed by atoms with Crippen molar-refractivity contribution in [3.63, 3.8) is 0 Å². The summed E-state index contributed by atoms with van der Waals surface area (Å²) in [5.41, 5.74) is 5.55. The third kappa shape index (κ3) is 6.33. The van der Waals surface area contributed by atoms with Crippen LogP contribution in [0.15, 0.2) is 41.3 Å². The van der Waals surface area contributed by atoms with E-state index in [2.05, 4.69) is 4.90 Å². The molecule has 7 nitrogen and oxygen atoms in total. The highest BCUT2D eigenvalue weighted by Crippen LogP contribution is 2.36. The third-order valence-corrected chi connectivity index (χ3v) is 7.63. The topological polar surface area (TPSA) is 87.0 Å². The fraction of sp³-hybridized carbons (Fsp3) is 0.346. The van der Waals surface area contributed by atoms with Crippen molar-refractivity contribution in [2.75, 3.05) is 38.1 Å². The van der Waals surface area contributed by atoms with E-state index in [1.165, 1.54) is 34.1 Å². The van der Waals surface area contributed by atoms with Gasteiger partial charge >= 0.3 is 6.18 Å². The quantitative estimate of drug-likeness (QED) is 0.441. The summed E-state index contributed by atoms with van der Waals surface area (Å²) in [6.45, 7) is 2.68. The molecule has 0 saturated carbocycles. The number of amides is 3. The Balaban J connectivity index is 1.54. The van der Waals surface area contributed by atoms with Crippen LogP contribution in [-0.2, 0) is 17.5 Å². The first kappa shape index (κ1) is 28.0. The number of carbonyl (C=O) groups excluding carboxylic acids is 3. The van der Waals surface area contributed by atoms with Crippen LogP contribution in [0.5, 0.6) is 0 Å². The molecule has 2 aromatic carbocycles. The number of hydrogen-bond acceptors (Lipinski definition) is 6. The molecule has 38 heavy (non-hydrogen) atoms. The van der Waals surface area contributed by atoms with E-state index in [4.69, 9.17) is 17.3 Å². The Morgan fingerprint density at radius 1 is 1.13 bits per heavy atom. The van der Waals surface area contributed by atoms with Gasteiger partial charge < -0.3 is 15.5 Å². The van der Waals surface area contributed by atoms with Crippen molar-refractivity contribution in [3.05, 3.63) is 68.6 Å². The van der Waals surface area contributed by atoms with E-state index in [1.54, 1.807) is 19.2 Å². The molecule has 2 N–H and O–H groups in total. The van der Waals surface area contributed by atoms with Gasteiger partial charge in [0, 0.05) is 37.4 Å². The molecule has 3 amide bonds. The van der Waals surface area contributed by atoms with Gasteiger partial charge in [-0.15, -0.1) is 0 Å². The molecule has 0 aliphatic carbocycles. The Bertz CT molecular complexity index is 1290. The minimum absolute atomic E-state index is 0.0218. The van der Waals surface area contributed by atoms with E-state index in [-0.39, 0.29) is 32.8 Å². The highest BCUT2D eigenvalue weighted by molar-refractivity contribution is 8.18. The molecule has 2 aliphatic heterocycles. The molecule has 0 aromatic heterocycles. The van der Waals surface area contributed by atoms with Crippen molar-refractivity contribution in [2.24, 2.45) is 5.73 Å². The number of benzene rings is 2. The Kier molecular flexibility index (Phi) is 8.39. The van der Waals surface area contributed by atoms with E-state index in [1.807, 2.05) is 0 Å². The van der Waals surface area contributed by atoms with Gasteiger partial charge in [0.1, 0.15) is 0 Å². The molecular formula is C26H26ClF3N4O3S. The Labute approximate surface area is 227 Å². The van der Waals surface area contributed by atoms with Crippen molar-refractivity contribution in [1.82, 2.24) is 9.80 Å². The maximum atomic E-state index is 13.5. The number of likely N-dealkylation sites (tertiary alicyclic amines) is 1. The zero-order chi connectivity index (χ0) is 27.6. The number of nitrogens with zero attached hydrogens (tertiary/aromatic N) is 3. The number of rotatable bonds is 8. The van der Waals surface area contributed by atoms with Crippen molar-refractivity contribution in [2.45, 2.75) is 25.6 Å². The predicted molar refractivity (Wildman–Crippen MR) is 142 cm³/mol. The number of thioether (sulfide) groups is 1. The maximum Gasteiger partial charge on any atom is 0.416 e. The molecule has 2 aliphatic rings. The number of alkyl halides is 3. The van der Waals surface area contributed by atoms with Gasteiger partial charge in [-0.1, -0.05) is 23.7 Å². The fourth-order valence-electron chi connectivity index (χ4n) is 4.56. The predicted octanol–water partition coefficient (Wildman–Crippen LogP) is 5.23. The molecule has 4 rings (SSSR count). The first-order valence-electron chi connectivity index (χ1n) is 11.9. The van der Waals surface area contributed by atoms with Crippen LogP contribution in [0.1, 0.15) is 39.9 Å². The minimum atomic E-state index is -4.60. The zero-order valence-corrected chi connectivity index (χ0v) is 22.1. The molecule has 0 spiro atoms. The number of carbonyl (C=O) groups is 3. The number of hydrogen-bond donors (Lipinski definition) is 1. The zero-order valence-electron chi connectivity index (χ0n) is 20.6. The van der Waals surface area contributed by atoms with Crippen LogP contribution < -0.4 is 10.6 Å². The summed E-state index contributed by atoms with van der Waals surface area (Å²) in [6, 6.07) is 8.14. The molecule has 2 fully saturated rings.